The van der Waals surface area contributed by atoms with E-state index >= 15 is 0 Å². The van der Waals surface area contributed by atoms with Crippen LogP contribution in [0, 0.1) is 0 Å². The Balaban J connectivity index is 1.80. The third-order valence-corrected chi connectivity index (χ3v) is 3.78. The number of hydrogen-bond acceptors (Lipinski definition) is 3. The summed E-state index contributed by atoms with van der Waals surface area (Å²) >= 11 is 0. The Morgan fingerprint density at radius 1 is 1.42 bits per heavy atom. The molecule has 0 aromatic carbocycles. The van der Waals surface area contributed by atoms with Crippen molar-refractivity contribution in [2.45, 2.75) is 50.6 Å². The molecule has 6 heteroatoms. The molecule has 1 heterocycles. The highest BCUT2D eigenvalue weighted by atomic mass is 16.4. The van der Waals surface area contributed by atoms with Crippen LogP contribution in [0.5, 0.6) is 0 Å². The Labute approximate surface area is 110 Å². The molecule has 19 heavy (non-hydrogen) atoms. The number of carbonyl (C=O) groups is 2. The lowest BCUT2D eigenvalue weighted by Crippen LogP contribution is -2.44. The van der Waals surface area contributed by atoms with Crippen molar-refractivity contribution in [3.63, 3.8) is 0 Å². The number of hydrogen-bond donors (Lipinski definition) is 2. The van der Waals surface area contributed by atoms with Crippen LogP contribution in [-0.4, -0.2) is 44.2 Å². The molecule has 3 rings (SSSR count). The number of aromatic nitrogens is 2. The Hall–Kier alpha value is -1.85. The summed E-state index contributed by atoms with van der Waals surface area (Å²) in [6.07, 6.45) is 4.02. The monoisotopic (exact) mass is 263 g/mol. The highest BCUT2D eigenvalue weighted by molar-refractivity contribution is 5.95. The van der Waals surface area contributed by atoms with Crippen LogP contribution in [0.2, 0.25) is 0 Å². The first-order valence-corrected chi connectivity index (χ1v) is 6.68. The quantitative estimate of drug-likeness (QED) is 0.840. The van der Waals surface area contributed by atoms with E-state index in [-0.39, 0.29) is 11.9 Å². The first-order valence-electron chi connectivity index (χ1n) is 6.68. The Kier molecular flexibility index (Phi) is 2.80. The fraction of sp³-hybridized carbons (Fsp3) is 0.615. The Morgan fingerprint density at radius 2 is 2.11 bits per heavy atom. The van der Waals surface area contributed by atoms with Gasteiger partial charge in [-0.25, -0.2) is 4.79 Å². The Bertz CT molecular complexity index is 517. The lowest BCUT2D eigenvalue weighted by atomic mass is 10.2. The SMILES string of the molecule is CC(C(=O)O)N(C(=O)c1cc(C2CC2)[nH]n1)C1CC1. The molecule has 2 saturated carbocycles. The average molecular weight is 263 g/mol. The van der Waals surface area contributed by atoms with E-state index in [1.54, 1.807) is 13.0 Å². The smallest absolute Gasteiger partial charge is 0.326 e. The first-order chi connectivity index (χ1) is 9.08. The molecule has 0 spiro atoms. The van der Waals surface area contributed by atoms with E-state index in [4.69, 9.17) is 5.11 Å². The van der Waals surface area contributed by atoms with Gasteiger partial charge in [-0.3, -0.25) is 9.89 Å². The van der Waals surface area contributed by atoms with E-state index < -0.39 is 12.0 Å². The predicted octanol–water partition coefficient (Wildman–Crippen LogP) is 1.36. The van der Waals surface area contributed by atoms with E-state index in [2.05, 4.69) is 10.2 Å². The van der Waals surface area contributed by atoms with Crippen molar-refractivity contribution in [3.05, 3.63) is 17.5 Å². The second kappa shape index (κ2) is 4.36. The zero-order valence-electron chi connectivity index (χ0n) is 10.8. The molecule has 102 valence electrons. The summed E-state index contributed by atoms with van der Waals surface area (Å²) in [6, 6.07) is 1.02. The van der Waals surface area contributed by atoms with E-state index in [1.165, 1.54) is 4.90 Å². The van der Waals surface area contributed by atoms with Gasteiger partial charge in [0.2, 0.25) is 0 Å². The van der Waals surface area contributed by atoms with Gasteiger partial charge in [0.05, 0.1) is 0 Å². The number of aromatic amines is 1. The van der Waals surface area contributed by atoms with Crippen LogP contribution in [-0.2, 0) is 4.79 Å². The van der Waals surface area contributed by atoms with E-state index in [9.17, 15) is 9.59 Å². The highest BCUT2D eigenvalue weighted by Gasteiger charge is 2.40. The summed E-state index contributed by atoms with van der Waals surface area (Å²) in [5.74, 6) is -0.751. The molecule has 0 bridgehead atoms. The molecule has 1 amide bonds. The number of H-pyrrole nitrogens is 1. The van der Waals surface area contributed by atoms with Gasteiger partial charge in [0.15, 0.2) is 0 Å². The summed E-state index contributed by atoms with van der Waals surface area (Å²) in [5.41, 5.74) is 1.32. The molecule has 6 nitrogen and oxygen atoms in total. The normalized spacial score (nSPS) is 20.1. The molecule has 2 aliphatic carbocycles. The van der Waals surface area contributed by atoms with Crippen molar-refractivity contribution in [1.29, 1.82) is 0 Å². The van der Waals surface area contributed by atoms with Crippen LogP contribution in [0.4, 0.5) is 0 Å². The van der Waals surface area contributed by atoms with Crippen LogP contribution in [0.25, 0.3) is 0 Å². The summed E-state index contributed by atoms with van der Waals surface area (Å²) < 4.78 is 0. The van der Waals surface area contributed by atoms with Gasteiger partial charge in [0, 0.05) is 17.7 Å². The topological polar surface area (TPSA) is 86.3 Å². The van der Waals surface area contributed by atoms with Crippen LogP contribution >= 0.6 is 0 Å². The van der Waals surface area contributed by atoms with Crippen molar-refractivity contribution < 1.29 is 14.7 Å². The number of carbonyl (C=O) groups excluding carboxylic acids is 1. The maximum Gasteiger partial charge on any atom is 0.326 e. The van der Waals surface area contributed by atoms with Gasteiger partial charge in [-0.2, -0.15) is 5.10 Å². The van der Waals surface area contributed by atoms with Crippen LogP contribution in [0.15, 0.2) is 6.07 Å². The molecular weight excluding hydrogens is 246 g/mol. The van der Waals surface area contributed by atoms with Crippen molar-refractivity contribution in [3.8, 4) is 0 Å². The fourth-order valence-corrected chi connectivity index (χ4v) is 2.31. The molecule has 0 radical (unpaired) electrons. The maximum absolute atomic E-state index is 12.4. The van der Waals surface area contributed by atoms with Crippen molar-refractivity contribution in [2.24, 2.45) is 0 Å². The standard InChI is InChI=1S/C13H17N3O3/c1-7(13(18)19)16(9-4-5-9)12(17)11-6-10(14-15-11)8-2-3-8/h6-9H,2-5H2,1H3,(H,14,15)(H,18,19). The third-order valence-electron chi connectivity index (χ3n) is 3.78. The van der Waals surface area contributed by atoms with Gasteiger partial charge in [0.25, 0.3) is 5.91 Å². The largest absolute Gasteiger partial charge is 0.480 e. The number of nitrogens with zero attached hydrogens (tertiary/aromatic N) is 2. The molecule has 1 atom stereocenters. The van der Waals surface area contributed by atoms with E-state index in [0.29, 0.717) is 11.6 Å². The average Bonchev–Trinajstić information content (AvgIpc) is 3.30. The number of carboxylic acid groups (broad SMARTS) is 1. The predicted molar refractivity (Wildman–Crippen MR) is 66.9 cm³/mol. The minimum atomic E-state index is -0.974. The van der Waals surface area contributed by atoms with Crippen molar-refractivity contribution in [2.75, 3.05) is 0 Å². The van der Waals surface area contributed by atoms with Crippen LogP contribution < -0.4 is 0 Å². The van der Waals surface area contributed by atoms with Crippen molar-refractivity contribution in [1.82, 2.24) is 15.1 Å². The molecule has 1 unspecified atom stereocenters. The van der Waals surface area contributed by atoms with Gasteiger partial charge in [0.1, 0.15) is 11.7 Å². The van der Waals surface area contributed by atoms with Crippen LogP contribution in [0.1, 0.15) is 54.7 Å². The summed E-state index contributed by atoms with van der Waals surface area (Å²) in [6.45, 7) is 1.55. The molecule has 1 aromatic heterocycles. The minimum Gasteiger partial charge on any atom is -0.480 e. The zero-order valence-corrected chi connectivity index (χ0v) is 10.8. The van der Waals surface area contributed by atoms with Gasteiger partial charge < -0.3 is 10.0 Å². The number of aliphatic carboxylic acids is 1. The van der Waals surface area contributed by atoms with Gasteiger partial charge in [-0.05, 0) is 38.7 Å². The molecule has 0 aliphatic heterocycles. The van der Waals surface area contributed by atoms with Crippen LogP contribution in [0.3, 0.4) is 0 Å². The van der Waals surface area contributed by atoms with Crippen molar-refractivity contribution >= 4 is 11.9 Å². The lowest BCUT2D eigenvalue weighted by molar-refractivity contribution is -0.141. The Morgan fingerprint density at radius 3 is 2.63 bits per heavy atom. The highest BCUT2D eigenvalue weighted by Crippen LogP contribution is 2.39. The number of rotatable bonds is 5. The molecular formula is C13H17N3O3. The minimum absolute atomic E-state index is 0.0553. The summed E-state index contributed by atoms with van der Waals surface area (Å²) in [7, 11) is 0. The number of carboxylic acids is 1. The van der Waals surface area contributed by atoms with E-state index in [1.807, 2.05) is 0 Å². The molecule has 0 saturated heterocycles. The maximum atomic E-state index is 12.4. The van der Waals surface area contributed by atoms with Gasteiger partial charge in [-0.15, -0.1) is 0 Å². The first kappa shape index (κ1) is 12.2. The fourth-order valence-electron chi connectivity index (χ4n) is 2.31. The molecule has 2 N–H and O–H groups in total. The van der Waals surface area contributed by atoms with E-state index in [0.717, 1.165) is 31.4 Å². The second-order valence-electron chi connectivity index (χ2n) is 5.44. The zero-order chi connectivity index (χ0) is 13.6. The second-order valence-corrected chi connectivity index (χ2v) is 5.44. The lowest BCUT2D eigenvalue weighted by Gasteiger charge is -2.25. The molecule has 1 aromatic rings. The third kappa shape index (κ3) is 2.34. The summed E-state index contributed by atoms with van der Waals surface area (Å²) in [5, 5.41) is 16.0. The summed E-state index contributed by atoms with van der Waals surface area (Å²) in [4.78, 5) is 25.0. The van der Waals surface area contributed by atoms with Gasteiger partial charge in [-0.1, -0.05) is 0 Å². The number of nitrogens with one attached hydrogen (secondary N) is 1. The van der Waals surface area contributed by atoms with Gasteiger partial charge >= 0.3 is 5.97 Å². The molecule has 2 fully saturated rings. The molecule has 2 aliphatic rings. The number of amides is 1.